The van der Waals surface area contributed by atoms with Gasteiger partial charge in [-0.05, 0) is 0 Å². The van der Waals surface area contributed by atoms with E-state index in [-0.39, 0.29) is 0 Å². The number of hydrogen-bond donors (Lipinski definition) is 0. The van der Waals surface area contributed by atoms with Crippen molar-refractivity contribution in [1.82, 2.24) is 0 Å². The molecule has 0 nitrogen and oxygen atoms in total. The molecule has 3 rings (SSSR count). The Balaban J connectivity index is 2.68. The Morgan fingerprint density at radius 3 is 2.10 bits per heavy atom. The zero-order valence-electron chi connectivity index (χ0n) is 11.1. The molecule has 0 spiro atoms. The molecule has 0 aliphatic heterocycles. The van der Waals surface area contributed by atoms with Crippen molar-refractivity contribution in [3.63, 3.8) is 0 Å². The number of aryl methyl sites for hydroxylation is 2. The van der Waals surface area contributed by atoms with Crippen molar-refractivity contribution in [2.24, 2.45) is 0 Å². The maximum atomic E-state index is 2.75. The molecule has 0 fully saturated rings. The summed E-state index contributed by atoms with van der Waals surface area (Å²) >= 11 is 10.9. The Morgan fingerprint density at radius 1 is 0.750 bits per heavy atom. The van der Waals surface area contributed by atoms with Crippen molar-refractivity contribution in [2.75, 3.05) is 0 Å². The average molecular weight is 522 g/mol. The maximum absolute atomic E-state index is 2.75. The molecule has 0 radical (unpaired) electrons. The van der Waals surface area contributed by atoms with Crippen LogP contribution in [0.3, 0.4) is 0 Å². The van der Waals surface area contributed by atoms with E-state index in [9.17, 15) is 0 Å². The summed E-state index contributed by atoms with van der Waals surface area (Å²) in [5.74, 6) is 0. The minimum atomic E-state index is 1.30. The Labute approximate surface area is 151 Å². The third-order valence-corrected chi connectivity index (χ3v) is 10.1. The predicted octanol–water partition coefficient (Wildman–Crippen LogP) is -1.29. The van der Waals surface area contributed by atoms with E-state index in [2.05, 4.69) is 102 Å². The van der Waals surface area contributed by atoms with E-state index >= 15 is 0 Å². The van der Waals surface area contributed by atoms with Crippen LogP contribution in [0.15, 0.2) is 24.3 Å². The predicted molar refractivity (Wildman–Crippen MR) is 98.1 cm³/mol. The van der Waals surface area contributed by atoms with Gasteiger partial charge in [-0.3, -0.25) is 0 Å². The van der Waals surface area contributed by atoms with Crippen molar-refractivity contribution in [1.29, 1.82) is 0 Å². The molecule has 0 unspecified atom stereocenters. The second-order valence-electron chi connectivity index (χ2n) is 4.99. The molecule has 0 bridgehead atoms. The van der Waals surface area contributed by atoms with E-state index in [4.69, 9.17) is 0 Å². The van der Waals surface area contributed by atoms with Gasteiger partial charge in [-0.1, -0.05) is 0 Å². The fourth-order valence-electron chi connectivity index (χ4n) is 2.84. The molecule has 3 aromatic rings. The van der Waals surface area contributed by atoms with Gasteiger partial charge in [0, 0.05) is 0 Å². The van der Waals surface area contributed by atoms with Gasteiger partial charge in [-0.15, -0.1) is 0 Å². The van der Waals surface area contributed by atoms with Crippen LogP contribution in [0, 0.1) is 13.8 Å². The van der Waals surface area contributed by atoms with Crippen LogP contribution in [0.5, 0.6) is 0 Å². The Morgan fingerprint density at radius 2 is 1.40 bits per heavy atom. The Kier molecular flexibility index (Phi) is 4.15. The summed E-state index contributed by atoms with van der Waals surface area (Å²) in [5.41, 5.74) is 2.74. The number of rotatable bonds is 0. The quantitative estimate of drug-likeness (QED) is 0.255. The van der Waals surface area contributed by atoms with Gasteiger partial charge in [0.25, 0.3) is 0 Å². The fourth-order valence-corrected chi connectivity index (χ4v) is 6.07. The number of fused-ring (bicyclic) bond motifs is 2. The van der Waals surface area contributed by atoms with E-state index in [0.29, 0.717) is 0 Å². The summed E-state index contributed by atoms with van der Waals surface area (Å²) in [6, 6.07) is 8.89. The van der Waals surface area contributed by atoms with Gasteiger partial charge in [0.05, 0.1) is 0 Å². The zero-order valence-corrected chi connectivity index (χ0v) is 18.6. The van der Waals surface area contributed by atoms with Crippen molar-refractivity contribution >= 4 is 103 Å². The minimum absolute atomic E-state index is 1.30. The number of hydrogen-bond acceptors (Lipinski definition) is 0. The fraction of sp³-hybridized carbons (Fsp3) is 0.125. The van der Waals surface area contributed by atoms with E-state index < -0.39 is 0 Å². The normalized spacial score (nSPS) is 11.5. The van der Waals surface area contributed by atoms with E-state index in [1.165, 1.54) is 50.5 Å². The van der Waals surface area contributed by atoms with Crippen LogP contribution < -0.4 is 17.8 Å². The average Bonchev–Trinajstić information content (AvgIpc) is 2.42. The standard InChI is InChI=1S/C16H14Se4/c1-7-4-3-5-9-6-10-12(8(2)11(7)9)14(18)16(20)15(19)13(10)17/h3-6,17-20H,1-2H3. The monoisotopic (exact) mass is 526 g/mol. The molecule has 0 aliphatic carbocycles. The number of benzene rings is 3. The second kappa shape index (κ2) is 5.47. The van der Waals surface area contributed by atoms with Gasteiger partial charge in [-0.2, -0.15) is 0 Å². The van der Waals surface area contributed by atoms with Gasteiger partial charge in [0.15, 0.2) is 0 Å². The molecule has 0 N–H and O–H groups in total. The molecule has 102 valence electrons. The van der Waals surface area contributed by atoms with Crippen molar-refractivity contribution in [2.45, 2.75) is 13.8 Å². The summed E-state index contributed by atoms with van der Waals surface area (Å²) in [6.07, 6.45) is 0. The van der Waals surface area contributed by atoms with Crippen LogP contribution in [0.25, 0.3) is 21.5 Å². The summed E-state index contributed by atoms with van der Waals surface area (Å²) in [5, 5.41) is 5.46. The summed E-state index contributed by atoms with van der Waals surface area (Å²) in [6.45, 7) is 4.44. The van der Waals surface area contributed by atoms with Gasteiger partial charge >= 0.3 is 153 Å². The van der Waals surface area contributed by atoms with Gasteiger partial charge in [0.2, 0.25) is 0 Å². The molecule has 0 saturated heterocycles. The molecule has 0 amide bonds. The van der Waals surface area contributed by atoms with Crippen molar-refractivity contribution in [3.8, 4) is 0 Å². The van der Waals surface area contributed by atoms with Crippen LogP contribution in [0.4, 0.5) is 0 Å². The molecule has 0 heterocycles. The Hall–Kier alpha value is 0.258. The molecule has 0 aromatic heterocycles. The van der Waals surface area contributed by atoms with Crippen molar-refractivity contribution in [3.05, 3.63) is 35.4 Å². The topological polar surface area (TPSA) is 0 Å². The van der Waals surface area contributed by atoms with Gasteiger partial charge in [0.1, 0.15) is 0 Å². The second-order valence-corrected chi connectivity index (χ2v) is 8.74. The van der Waals surface area contributed by atoms with Crippen LogP contribution in [0.2, 0.25) is 0 Å². The summed E-state index contributed by atoms with van der Waals surface area (Å²) in [4.78, 5) is 0. The SMILES string of the molecule is Cc1cccc2cc3c([SeH])c([SeH])c([SeH])c([SeH])c3c(C)c12. The first kappa shape index (κ1) is 15.2. The first-order valence-electron chi connectivity index (χ1n) is 6.22. The van der Waals surface area contributed by atoms with Gasteiger partial charge < -0.3 is 0 Å². The molecular formula is C16H14Se4. The molecule has 0 aliphatic rings. The third-order valence-electron chi connectivity index (χ3n) is 3.79. The van der Waals surface area contributed by atoms with Crippen LogP contribution in [0.1, 0.15) is 11.1 Å². The molecule has 0 atom stereocenters. The van der Waals surface area contributed by atoms with Gasteiger partial charge in [-0.25, -0.2) is 0 Å². The van der Waals surface area contributed by atoms with E-state index in [0.717, 1.165) is 0 Å². The molecular weight excluding hydrogens is 508 g/mol. The Bertz CT molecular complexity index is 866. The van der Waals surface area contributed by atoms with E-state index in [1.54, 1.807) is 0 Å². The molecule has 0 saturated carbocycles. The first-order valence-corrected chi connectivity index (χ1v) is 9.97. The zero-order chi connectivity index (χ0) is 14.6. The first-order chi connectivity index (χ1) is 9.43. The van der Waals surface area contributed by atoms with E-state index in [1.807, 2.05) is 0 Å². The van der Waals surface area contributed by atoms with Crippen LogP contribution in [-0.2, 0) is 0 Å². The molecule has 20 heavy (non-hydrogen) atoms. The van der Waals surface area contributed by atoms with Crippen LogP contribution >= 0.6 is 0 Å². The third kappa shape index (κ3) is 2.15. The summed E-state index contributed by atoms with van der Waals surface area (Å²) < 4.78 is 5.23. The summed E-state index contributed by atoms with van der Waals surface area (Å²) in [7, 11) is 0. The van der Waals surface area contributed by atoms with Crippen LogP contribution in [-0.4, -0.2) is 64.1 Å². The molecule has 3 aromatic carbocycles. The molecule has 4 heteroatoms. The van der Waals surface area contributed by atoms with Crippen molar-refractivity contribution < 1.29 is 0 Å².